The number of hydrogen-bond acceptors (Lipinski definition) is 3. The molecule has 5 nitrogen and oxygen atoms in total. The first-order valence-corrected chi connectivity index (χ1v) is 4.61. The van der Waals surface area contributed by atoms with Crippen molar-refractivity contribution >= 4 is 11.9 Å². The smallest absolute Gasteiger partial charge is 0.300 e. The third kappa shape index (κ3) is 1.65. The van der Waals surface area contributed by atoms with Crippen molar-refractivity contribution in [3.63, 3.8) is 0 Å². The Kier molecular flexibility index (Phi) is 2.18. The zero-order chi connectivity index (χ0) is 9.26. The van der Waals surface area contributed by atoms with Gasteiger partial charge < -0.3 is 0 Å². The molecule has 3 amide bonds. The van der Waals surface area contributed by atoms with Crippen LogP contribution in [0.3, 0.4) is 0 Å². The number of imide groups is 1. The molecule has 0 aromatic carbocycles. The molecule has 2 aliphatic rings. The third-order valence-corrected chi connectivity index (χ3v) is 2.48. The van der Waals surface area contributed by atoms with Crippen LogP contribution in [0.15, 0.2) is 0 Å². The van der Waals surface area contributed by atoms with Gasteiger partial charge in [0.2, 0.25) is 5.91 Å². The first-order chi connectivity index (χ1) is 6.27. The van der Waals surface area contributed by atoms with Crippen LogP contribution in [0.5, 0.6) is 0 Å². The number of nitrogens with zero attached hydrogens (tertiary/aromatic N) is 1. The normalized spacial score (nSPS) is 29.2. The summed E-state index contributed by atoms with van der Waals surface area (Å²) in [5, 5.41) is 5.50. The lowest BCUT2D eigenvalue weighted by Crippen LogP contribution is -2.49. The van der Waals surface area contributed by atoms with E-state index in [0.29, 0.717) is 0 Å². The van der Waals surface area contributed by atoms with E-state index in [0.717, 1.165) is 25.8 Å². The lowest BCUT2D eigenvalue weighted by atomic mass is 10.1. The molecule has 13 heavy (non-hydrogen) atoms. The summed E-state index contributed by atoms with van der Waals surface area (Å²) in [6, 6.07) is -0.260. The summed E-state index contributed by atoms with van der Waals surface area (Å²) < 4.78 is 0. The van der Waals surface area contributed by atoms with Crippen molar-refractivity contribution in [3.05, 3.63) is 0 Å². The van der Waals surface area contributed by atoms with Crippen LogP contribution in [-0.2, 0) is 4.79 Å². The van der Waals surface area contributed by atoms with E-state index in [-0.39, 0.29) is 24.6 Å². The van der Waals surface area contributed by atoms with Crippen molar-refractivity contribution in [2.75, 3.05) is 13.1 Å². The summed E-state index contributed by atoms with van der Waals surface area (Å²) in [4.78, 5) is 23.7. The Morgan fingerprint density at radius 3 is 2.69 bits per heavy atom. The van der Waals surface area contributed by atoms with Gasteiger partial charge in [0.05, 0.1) is 6.17 Å². The second-order valence-corrected chi connectivity index (χ2v) is 3.45. The lowest BCUT2D eigenvalue weighted by molar-refractivity contribution is -0.118. The maximum Gasteiger partial charge on any atom is 0.325 e. The van der Waals surface area contributed by atoms with Crippen LogP contribution in [0.2, 0.25) is 0 Å². The number of carbonyl (C=O) groups is 2. The zero-order valence-electron chi connectivity index (χ0n) is 7.38. The number of urea groups is 1. The van der Waals surface area contributed by atoms with E-state index in [9.17, 15) is 9.59 Å². The highest BCUT2D eigenvalue weighted by atomic mass is 16.2. The zero-order valence-corrected chi connectivity index (χ0v) is 7.38. The maximum atomic E-state index is 11.2. The number of nitrogens with one attached hydrogen (secondary N) is 2. The van der Waals surface area contributed by atoms with E-state index in [2.05, 4.69) is 10.6 Å². The Hall–Kier alpha value is -1.10. The molecule has 5 heteroatoms. The van der Waals surface area contributed by atoms with Crippen LogP contribution in [0, 0.1) is 0 Å². The summed E-state index contributed by atoms with van der Waals surface area (Å²) in [5.41, 5.74) is 0. The highest BCUT2D eigenvalue weighted by Gasteiger charge is 2.32. The average Bonchev–Trinajstić information content (AvgIpc) is 2.47. The number of amides is 3. The lowest BCUT2D eigenvalue weighted by Gasteiger charge is -2.30. The molecule has 0 bridgehead atoms. The highest BCUT2D eigenvalue weighted by Crippen LogP contribution is 2.13. The Morgan fingerprint density at radius 1 is 1.31 bits per heavy atom. The molecule has 2 aliphatic heterocycles. The van der Waals surface area contributed by atoms with Gasteiger partial charge in [0.1, 0.15) is 6.54 Å². The Labute approximate surface area is 76.5 Å². The quantitative estimate of drug-likeness (QED) is 0.546. The number of piperidine rings is 1. The first kappa shape index (κ1) is 8.50. The SMILES string of the molecule is O=C1CN(C2CCCCN2)C(=O)N1. The monoisotopic (exact) mass is 183 g/mol. The molecular weight excluding hydrogens is 170 g/mol. The minimum atomic E-state index is -0.260. The molecule has 2 N–H and O–H groups in total. The van der Waals surface area contributed by atoms with Gasteiger partial charge in [-0.2, -0.15) is 0 Å². The molecular formula is C8H13N3O2. The van der Waals surface area contributed by atoms with Gasteiger partial charge in [0.25, 0.3) is 0 Å². The highest BCUT2D eigenvalue weighted by molar-refractivity contribution is 6.02. The molecule has 0 aliphatic carbocycles. The van der Waals surface area contributed by atoms with Gasteiger partial charge in [0, 0.05) is 0 Å². The van der Waals surface area contributed by atoms with E-state index in [1.165, 1.54) is 0 Å². The predicted octanol–water partition coefficient (Wildman–Crippen LogP) is -0.362. The van der Waals surface area contributed by atoms with Crippen LogP contribution >= 0.6 is 0 Å². The molecule has 1 unspecified atom stereocenters. The van der Waals surface area contributed by atoms with Gasteiger partial charge >= 0.3 is 6.03 Å². The minimum Gasteiger partial charge on any atom is -0.300 e. The van der Waals surface area contributed by atoms with Gasteiger partial charge in [-0.1, -0.05) is 0 Å². The van der Waals surface area contributed by atoms with Crippen molar-refractivity contribution in [2.24, 2.45) is 0 Å². The van der Waals surface area contributed by atoms with Crippen molar-refractivity contribution in [2.45, 2.75) is 25.4 Å². The van der Waals surface area contributed by atoms with Crippen molar-refractivity contribution in [1.82, 2.24) is 15.5 Å². The Morgan fingerprint density at radius 2 is 2.15 bits per heavy atom. The van der Waals surface area contributed by atoms with E-state index < -0.39 is 0 Å². The molecule has 0 spiro atoms. The second-order valence-electron chi connectivity index (χ2n) is 3.45. The van der Waals surface area contributed by atoms with Crippen molar-refractivity contribution < 1.29 is 9.59 Å². The minimum absolute atomic E-state index is 0.0557. The molecule has 2 saturated heterocycles. The van der Waals surface area contributed by atoms with Crippen LogP contribution in [0.25, 0.3) is 0 Å². The standard InChI is InChI=1S/C8H13N3O2/c12-7-5-11(8(13)10-7)6-3-1-2-4-9-6/h6,9H,1-5H2,(H,10,12,13). The summed E-state index contributed by atoms with van der Waals surface area (Å²) >= 11 is 0. The van der Waals surface area contributed by atoms with Gasteiger partial charge in [-0.15, -0.1) is 0 Å². The summed E-state index contributed by atoms with van der Waals surface area (Å²) in [5.74, 6) is -0.197. The molecule has 1 atom stereocenters. The van der Waals surface area contributed by atoms with Gasteiger partial charge in [0.15, 0.2) is 0 Å². The predicted molar refractivity (Wildman–Crippen MR) is 45.9 cm³/mol. The van der Waals surface area contributed by atoms with Crippen molar-refractivity contribution in [1.29, 1.82) is 0 Å². The van der Waals surface area contributed by atoms with E-state index in [1.807, 2.05) is 0 Å². The van der Waals surface area contributed by atoms with E-state index in [1.54, 1.807) is 4.90 Å². The molecule has 0 aromatic heterocycles. The number of rotatable bonds is 1. The van der Waals surface area contributed by atoms with E-state index >= 15 is 0 Å². The summed E-state index contributed by atoms with van der Waals surface area (Å²) in [6.07, 6.45) is 3.27. The third-order valence-electron chi connectivity index (χ3n) is 2.48. The molecule has 0 aromatic rings. The van der Waals surface area contributed by atoms with Crippen LogP contribution in [-0.4, -0.2) is 36.1 Å². The number of hydrogen-bond donors (Lipinski definition) is 2. The van der Waals surface area contributed by atoms with Gasteiger partial charge in [-0.05, 0) is 25.8 Å². The van der Waals surface area contributed by atoms with Gasteiger partial charge in [-0.25, -0.2) is 4.79 Å². The fourth-order valence-electron chi connectivity index (χ4n) is 1.81. The molecule has 72 valence electrons. The fraction of sp³-hybridized carbons (Fsp3) is 0.750. The molecule has 0 radical (unpaired) electrons. The summed E-state index contributed by atoms with van der Waals surface area (Å²) in [7, 11) is 0. The first-order valence-electron chi connectivity index (χ1n) is 4.61. The Bertz CT molecular complexity index is 236. The van der Waals surface area contributed by atoms with Crippen molar-refractivity contribution in [3.8, 4) is 0 Å². The molecule has 2 heterocycles. The maximum absolute atomic E-state index is 11.2. The average molecular weight is 183 g/mol. The summed E-state index contributed by atoms with van der Waals surface area (Å²) in [6.45, 7) is 1.14. The molecule has 2 fully saturated rings. The molecule has 2 rings (SSSR count). The van der Waals surface area contributed by atoms with Crippen LogP contribution in [0.4, 0.5) is 4.79 Å². The Balaban J connectivity index is 1.99. The van der Waals surface area contributed by atoms with Gasteiger partial charge in [-0.3, -0.25) is 20.3 Å². The van der Waals surface area contributed by atoms with Crippen LogP contribution < -0.4 is 10.6 Å². The topological polar surface area (TPSA) is 61.4 Å². The van der Waals surface area contributed by atoms with E-state index in [4.69, 9.17) is 0 Å². The number of carbonyl (C=O) groups excluding carboxylic acids is 2. The fourth-order valence-corrected chi connectivity index (χ4v) is 1.81. The van der Waals surface area contributed by atoms with Crippen LogP contribution in [0.1, 0.15) is 19.3 Å². The largest absolute Gasteiger partial charge is 0.325 e. The second kappa shape index (κ2) is 3.33. The molecule has 0 saturated carbocycles.